The van der Waals surface area contributed by atoms with Gasteiger partial charge in [0.15, 0.2) is 0 Å². The fourth-order valence-electron chi connectivity index (χ4n) is 6.90. The first-order chi connectivity index (χ1) is 19.7. The molecule has 4 atom stereocenters. The number of nitrogens with zero attached hydrogens (tertiary/aromatic N) is 1. The molecule has 4 unspecified atom stereocenters. The Morgan fingerprint density at radius 3 is 2.56 bits per heavy atom. The fourth-order valence-corrected chi connectivity index (χ4v) is 7.17. The van der Waals surface area contributed by atoms with E-state index >= 15 is 0 Å². The highest BCUT2D eigenvalue weighted by atomic mass is 35.5. The van der Waals surface area contributed by atoms with Crippen LogP contribution in [0.15, 0.2) is 66.9 Å². The van der Waals surface area contributed by atoms with E-state index in [4.69, 9.17) is 11.6 Å². The molecule has 9 nitrogen and oxygen atoms in total. The Morgan fingerprint density at radius 1 is 1.05 bits per heavy atom. The number of hydrogen-bond donors (Lipinski definition) is 4. The molecule has 2 fully saturated rings. The average Bonchev–Trinajstić information content (AvgIpc) is 3.64. The number of imide groups is 1. The predicted molar refractivity (Wildman–Crippen MR) is 156 cm³/mol. The van der Waals surface area contributed by atoms with Crippen molar-refractivity contribution in [3.05, 3.63) is 88.6 Å². The molecule has 0 aliphatic carbocycles. The van der Waals surface area contributed by atoms with Crippen LogP contribution in [0, 0.1) is 18.8 Å². The van der Waals surface area contributed by atoms with E-state index < -0.39 is 29.3 Å². The molecule has 3 aromatic carbocycles. The molecule has 0 saturated carbocycles. The number of anilines is 3. The lowest BCUT2D eigenvalue weighted by Crippen LogP contribution is -2.53. The molecular formula is C31H26ClN5O4. The van der Waals surface area contributed by atoms with Gasteiger partial charge in [0.25, 0.3) is 0 Å². The minimum absolute atomic E-state index is 0.228. The number of amides is 4. The molecule has 206 valence electrons. The van der Waals surface area contributed by atoms with E-state index in [0.29, 0.717) is 34.1 Å². The van der Waals surface area contributed by atoms with Gasteiger partial charge in [-0.15, -0.1) is 0 Å². The standard InChI is InChI=1S/C31H26ClN5O4/c1-15-11-18(32)13-22-27(15)35-30(41)31(22)26-25(24(36-31)12-17-14-33-23-6-4-3-5-21(17)23)28(39)37(29(26)40)20-9-7-19(8-10-20)34-16(2)38/h3-11,13-14,24-26,33,36H,12H2,1-2H3,(H,34,38)(H,35,41). The summed E-state index contributed by atoms with van der Waals surface area (Å²) < 4.78 is 0. The first kappa shape index (κ1) is 25.5. The number of benzene rings is 3. The number of rotatable bonds is 4. The molecule has 4 N–H and O–H groups in total. The molecule has 3 aliphatic rings. The zero-order chi connectivity index (χ0) is 28.6. The number of carbonyl (C=O) groups is 4. The van der Waals surface area contributed by atoms with E-state index in [1.54, 1.807) is 36.4 Å². The van der Waals surface area contributed by atoms with Crippen molar-refractivity contribution in [1.29, 1.82) is 0 Å². The van der Waals surface area contributed by atoms with Crippen molar-refractivity contribution in [3.63, 3.8) is 0 Å². The SMILES string of the molecule is CC(=O)Nc1ccc(N2C(=O)C3C(Cc4c[nH]c5ccccc45)NC4(C(=O)Nc5c(C)cc(Cl)cc54)C3C2=O)cc1. The highest BCUT2D eigenvalue weighted by Crippen LogP contribution is 2.55. The summed E-state index contributed by atoms with van der Waals surface area (Å²) in [7, 11) is 0. The minimum Gasteiger partial charge on any atom is -0.361 e. The molecular weight excluding hydrogens is 542 g/mol. The maximum absolute atomic E-state index is 14.3. The van der Waals surface area contributed by atoms with E-state index in [2.05, 4.69) is 20.9 Å². The molecule has 1 spiro atoms. The van der Waals surface area contributed by atoms with Crippen LogP contribution < -0.4 is 20.9 Å². The summed E-state index contributed by atoms with van der Waals surface area (Å²) in [6.45, 7) is 3.26. The van der Waals surface area contributed by atoms with Crippen molar-refractivity contribution >= 4 is 63.2 Å². The maximum atomic E-state index is 14.3. The van der Waals surface area contributed by atoms with Gasteiger partial charge in [0, 0.05) is 52.0 Å². The van der Waals surface area contributed by atoms with Crippen LogP contribution in [0.5, 0.6) is 0 Å². The Hall–Kier alpha value is -4.47. The Labute approximate surface area is 240 Å². The van der Waals surface area contributed by atoms with Gasteiger partial charge in [-0.3, -0.25) is 24.5 Å². The molecule has 4 amide bonds. The zero-order valence-electron chi connectivity index (χ0n) is 22.2. The van der Waals surface area contributed by atoms with Crippen molar-refractivity contribution in [1.82, 2.24) is 10.3 Å². The normalized spacial score (nSPS) is 24.7. The second-order valence-corrected chi connectivity index (χ2v) is 11.4. The average molecular weight is 568 g/mol. The summed E-state index contributed by atoms with van der Waals surface area (Å²) in [5.74, 6) is -3.23. The van der Waals surface area contributed by atoms with Crippen molar-refractivity contribution in [2.75, 3.05) is 15.5 Å². The van der Waals surface area contributed by atoms with Crippen molar-refractivity contribution in [2.45, 2.75) is 31.8 Å². The molecule has 10 heteroatoms. The van der Waals surface area contributed by atoms with Crippen LogP contribution in [0.1, 0.15) is 23.6 Å². The second kappa shape index (κ2) is 9.02. The van der Waals surface area contributed by atoms with Crippen LogP contribution in [-0.2, 0) is 31.1 Å². The molecule has 41 heavy (non-hydrogen) atoms. The summed E-state index contributed by atoms with van der Waals surface area (Å²) >= 11 is 6.47. The van der Waals surface area contributed by atoms with Gasteiger partial charge >= 0.3 is 0 Å². The number of hydrogen-bond acceptors (Lipinski definition) is 5. The zero-order valence-corrected chi connectivity index (χ0v) is 23.0. The lowest BCUT2D eigenvalue weighted by Gasteiger charge is -2.29. The van der Waals surface area contributed by atoms with Gasteiger partial charge in [-0.25, -0.2) is 4.90 Å². The van der Waals surface area contributed by atoms with Gasteiger partial charge in [-0.05, 0) is 66.9 Å². The topological polar surface area (TPSA) is 123 Å². The van der Waals surface area contributed by atoms with Gasteiger partial charge < -0.3 is 15.6 Å². The quantitative estimate of drug-likeness (QED) is 0.274. The highest BCUT2D eigenvalue weighted by Gasteiger charge is 2.70. The molecule has 4 aromatic rings. The second-order valence-electron chi connectivity index (χ2n) is 11.0. The number of para-hydroxylation sites is 1. The van der Waals surface area contributed by atoms with Crippen molar-refractivity contribution in [3.8, 4) is 0 Å². The summed E-state index contributed by atoms with van der Waals surface area (Å²) in [5, 5.41) is 10.6. The number of nitrogens with one attached hydrogen (secondary N) is 4. The molecule has 4 heterocycles. The predicted octanol–water partition coefficient (Wildman–Crippen LogP) is 4.26. The fraction of sp³-hybridized carbons (Fsp3) is 0.226. The third kappa shape index (κ3) is 3.66. The lowest BCUT2D eigenvalue weighted by molar-refractivity contribution is -0.130. The summed E-state index contributed by atoms with van der Waals surface area (Å²) in [6, 6.07) is 17.4. The van der Waals surface area contributed by atoms with E-state index in [1.807, 2.05) is 37.4 Å². The minimum atomic E-state index is -1.47. The van der Waals surface area contributed by atoms with Crippen LogP contribution in [0.3, 0.4) is 0 Å². The van der Waals surface area contributed by atoms with E-state index in [-0.39, 0.29) is 17.7 Å². The monoisotopic (exact) mass is 567 g/mol. The lowest BCUT2D eigenvalue weighted by atomic mass is 9.76. The molecule has 0 bridgehead atoms. The molecule has 2 saturated heterocycles. The van der Waals surface area contributed by atoms with E-state index in [1.165, 1.54) is 11.8 Å². The largest absolute Gasteiger partial charge is 0.361 e. The molecule has 0 radical (unpaired) electrons. The first-order valence-electron chi connectivity index (χ1n) is 13.4. The van der Waals surface area contributed by atoms with Crippen LogP contribution in [0.4, 0.5) is 17.1 Å². The van der Waals surface area contributed by atoms with Crippen molar-refractivity contribution in [2.24, 2.45) is 11.8 Å². The van der Waals surface area contributed by atoms with Crippen LogP contribution in [0.2, 0.25) is 5.02 Å². The van der Waals surface area contributed by atoms with Crippen molar-refractivity contribution < 1.29 is 19.2 Å². The Morgan fingerprint density at radius 2 is 1.80 bits per heavy atom. The molecule has 1 aromatic heterocycles. The highest BCUT2D eigenvalue weighted by molar-refractivity contribution is 6.31. The van der Waals surface area contributed by atoms with Crippen LogP contribution >= 0.6 is 11.6 Å². The number of halogens is 1. The summed E-state index contributed by atoms with van der Waals surface area (Å²) in [4.78, 5) is 58.3. The van der Waals surface area contributed by atoms with Gasteiger partial charge in [-0.1, -0.05) is 29.8 Å². The molecule has 3 aliphatic heterocycles. The number of aromatic amines is 1. The van der Waals surface area contributed by atoms with E-state index in [9.17, 15) is 19.2 Å². The summed E-state index contributed by atoms with van der Waals surface area (Å²) in [6.07, 6.45) is 2.33. The van der Waals surface area contributed by atoms with E-state index in [0.717, 1.165) is 22.0 Å². The Bertz CT molecular complexity index is 1800. The van der Waals surface area contributed by atoms with Gasteiger partial charge in [0.05, 0.1) is 17.5 Å². The molecule has 7 rings (SSSR count). The number of aromatic nitrogens is 1. The number of H-pyrrole nitrogens is 1. The Kier molecular flexibility index (Phi) is 5.61. The third-order valence-electron chi connectivity index (χ3n) is 8.55. The number of fused-ring (bicyclic) bond motifs is 5. The van der Waals surface area contributed by atoms with Gasteiger partial charge in [-0.2, -0.15) is 0 Å². The number of carbonyl (C=O) groups excluding carboxylic acids is 4. The number of aryl methyl sites for hydroxylation is 1. The Balaban J connectivity index is 1.35. The van der Waals surface area contributed by atoms with Gasteiger partial charge in [0.1, 0.15) is 5.54 Å². The smallest absolute Gasteiger partial charge is 0.250 e. The third-order valence-corrected chi connectivity index (χ3v) is 8.76. The van der Waals surface area contributed by atoms with Crippen LogP contribution in [-0.4, -0.2) is 34.7 Å². The summed E-state index contributed by atoms with van der Waals surface area (Å²) in [5.41, 5.74) is 3.36. The van der Waals surface area contributed by atoms with Crippen LogP contribution in [0.25, 0.3) is 10.9 Å². The van der Waals surface area contributed by atoms with Gasteiger partial charge in [0.2, 0.25) is 23.6 Å². The first-order valence-corrected chi connectivity index (χ1v) is 13.8. The maximum Gasteiger partial charge on any atom is 0.250 e.